The minimum absolute atomic E-state index is 0.303. The van der Waals surface area contributed by atoms with Gasteiger partial charge in [-0.15, -0.1) is 0 Å². The quantitative estimate of drug-likeness (QED) is 0.566. The predicted octanol–water partition coefficient (Wildman–Crippen LogP) is 0.522. The van der Waals surface area contributed by atoms with Gasteiger partial charge in [-0.25, -0.2) is 8.42 Å². The molecule has 0 aliphatic carbocycles. The first-order valence-corrected chi connectivity index (χ1v) is 4.51. The molecule has 0 aromatic carbocycles. The van der Waals surface area contributed by atoms with Crippen LogP contribution in [0.2, 0.25) is 0 Å². The molecular formula is C6H10O3S. The lowest BCUT2D eigenvalue weighted by atomic mass is 10.4. The van der Waals surface area contributed by atoms with Gasteiger partial charge < -0.3 is 4.79 Å². The van der Waals surface area contributed by atoms with E-state index in [2.05, 4.69) is 6.58 Å². The molecule has 0 N–H and O–H groups in total. The Labute approximate surface area is 60.7 Å². The lowest BCUT2D eigenvalue weighted by molar-refractivity contribution is -0.107. The van der Waals surface area contributed by atoms with E-state index < -0.39 is 15.1 Å². The third kappa shape index (κ3) is 1.95. The van der Waals surface area contributed by atoms with E-state index >= 15 is 0 Å². The number of sulfone groups is 1. The van der Waals surface area contributed by atoms with Gasteiger partial charge in [-0.2, -0.15) is 0 Å². The lowest BCUT2D eigenvalue weighted by Crippen LogP contribution is -2.18. The topological polar surface area (TPSA) is 51.2 Å². The molecule has 1 unspecified atom stereocenters. The molecule has 0 fully saturated rings. The minimum atomic E-state index is -3.36. The number of hydrogen-bond donors (Lipinski definition) is 0. The maximum Gasteiger partial charge on any atom is 0.180 e. The molecule has 0 bridgehead atoms. The molecule has 0 spiro atoms. The van der Waals surface area contributed by atoms with Gasteiger partial charge in [0.15, 0.2) is 9.84 Å². The highest BCUT2D eigenvalue weighted by atomic mass is 32.2. The van der Waals surface area contributed by atoms with Crippen molar-refractivity contribution >= 4 is 16.1 Å². The van der Waals surface area contributed by atoms with Gasteiger partial charge in [0.2, 0.25) is 0 Å². The zero-order valence-electron chi connectivity index (χ0n) is 5.78. The number of carbonyl (C=O) groups excluding carboxylic acids is 1. The van der Waals surface area contributed by atoms with Crippen molar-refractivity contribution in [1.82, 2.24) is 0 Å². The summed E-state index contributed by atoms with van der Waals surface area (Å²) in [5.74, 6) is 0. The van der Waals surface area contributed by atoms with E-state index in [4.69, 9.17) is 0 Å². The molecule has 1 atom stereocenters. The number of aldehydes is 1. The Kier molecular flexibility index (Phi) is 3.28. The second-order valence-electron chi connectivity index (χ2n) is 1.84. The van der Waals surface area contributed by atoms with Crippen LogP contribution in [0.4, 0.5) is 0 Å². The lowest BCUT2D eigenvalue weighted by Gasteiger charge is -2.02. The smallest absolute Gasteiger partial charge is 0.180 e. The predicted molar refractivity (Wildman–Crippen MR) is 39.3 cm³/mol. The zero-order chi connectivity index (χ0) is 8.20. The standard InChI is InChI=1S/C6H10O3S/c1-3-6(5-7)10(8,9)4-2/h4-6H,2-3H2,1H3. The average Bonchev–Trinajstić information content (AvgIpc) is 1.90. The largest absolute Gasteiger partial charge is 0.302 e. The summed E-state index contributed by atoms with van der Waals surface area (Å²) in [6.45, 7) is 4.74. The molecule has 58 valence electrons. The van der Waals surface area contributed by atoms with Crippen LogP contribution in [0.5, 0.6) is 0 Å². The van der Waals surface area contributed by atoms with Gasteiger partial charge in [-0.1, -0.05) is 13.5 Å². The van der Waals surface area contributed by atoms with Gasteiger partial charge in [0.25, 0.3) is 0 Å². The first kappa shape index (κ1) is 9.36. The summed E-state index contributed by atoms with van der Waals surface area (Å²) >= 11 is 0. The van der Waals surface area contributed by atoms with Crippen molar-refractivity contribution < 1.29 is 13.2 Å². The van der Waals surface area contributed by atoms with Crippen LogP contribution in [0.15, 0.2) is 12.0 Å². The molecule has 4 heteroatoms. The number of rotatable bonds is 4. The maximum absolute atomic E-state index is 10.8. The summed E-state index contributed by atoms with van der Waals surface area (Å²) in [5.41, 5.74) is 0. The van der Waals surface area contributed by atoms with E-state index in [1.165, 1.54) is 0 Å². The number of carbonyl (C=O) groups is 1. The highest BCUT2D eigenvalue weighted by Gasteiger charge is 2.18. The van der Waals surface area contributed by atoms with Crippen LogP contribution in [0.1, 0.15) is 13.3 Å². The fourth-order valence-corrected chi connectivity index (χ4v) is 1.40. The number of hydrogen-bond acceptors (Lipinski definition) is 3. The second kappa shape index (κ2) is 3.51. The average molecular weight is 162 g/mol. The Morgan fingerprint density at radius 2 is 2.10 bits per heavy atom. The molecule has 0 amide bonds. The zero-order valence-corrected chi connectivity index (χ0v) is 6.60. The fraction of sp³-hybridized carbons (Fsp3) is 0.500. The van der Waals surface area contributed by atoms with Crippen molar-refractivity contribution in [2.45, 2.75) is 18.6 Å². The normalized spacial score (nSPS) is 14.1. The summed E-state index contributed by atoms with van der Waals surface area (Å²) in [7, 11) is -3.36. The molecule has 0 radical (unpaired) electrons. The Bertz CT molecular complexity index is 215. The molecular weight excluding hydrogens is 152 g/mol. The molecule has 0 aliphatic heterocycles. The third-order valence-electron chi connectivity index (χ3n) is 1.21. The van der Waals surface area contributed by atoms with Gasteiger partial charge in [0.05, 0.1) is 0 Å². The van der Waals surface area contributed by atoms with E-state index in [0.717, 1.165) is 5.41 Å². The van der Waals surface area contributed by atoms with E-state index in [1.807, 2.05) is 0 Å². The monoisotopic (exact) mass is 162 g/mol. The van der Waals surface area contributed by atoms with E-state index in [1.54, 1.807) is 6.92 Å². The third-order valence-corrected chi connectivity index (χ3v) is 2.96. The molecule has 0 rings (SSSR count). The van der Waals surface area contributed by atoms with E-state index in [-0.39, 0.29) is 0 Å². The Morgan fingerprint density at radius 1 is 1.60 bits per heavy atom. The highest BCUT2D eigenvalue weighted by Crippen LogP contribution is 2.03. The second-order valence-corrected chi connectivity index (χ2v) is 3.96. The van der Waals surface area contributed by atoms with Crippen LogP contribution < -0.4 is 0 Å². The van der Waals surface area contributed by atoms with Gasteiger partial charge in [0.1, 0.15) is 11.5 Å². The molecule has 0 saturated carbocycles. The van der Waals surface area contributed by atoms with Crippen molar-refractivity contribution in [3.63, 3.8) is 0 Å². The molecule has 3 nitrogen and oxygen atoms in total. The molecule has 0 saturated heterocycles. The van der Waals surface area contributed by atoms with Crippen molar-refractivity contribution in [2.75, 3.05) is 0 Å². The van der Waals surface area contributed by atoms with Crippen molar-refractivity contribution in [3.8, 4) is 0 Å². The van der Waals surface area contributed by atoms with Crippen molar-refractivity contribution in [3.05, 3.63) is 12.0 Å². The summed E-state index contributed by atoms with van der Waals surface area (Å²) in [6, 6.07) is 0. The van der Waals surface area contributed by atoms with E-state index in [0.29, 0.717) is 12.7 Å². The Balaban J connectivity index is 4.59. The van der Waals surface area contributed by atoms with Gasteiger partial charge in [-0.3, -0.25) is 0 Å². The summed E-state index contributed by atoms with van der Waals surface area (Å²) in [6.07, 6.45) is 0.731. The summed E-state index contributed by atoms with van der Waals surface area (Å²) in [4.78, 5) is 10.1. The molecule has 0 aromatic heterocycles. The maximum atomic E-state index is 10.8. The van der Waals surface area contributed by atoms with Gasteiger partial charge in [-0.05, 0) is 6.42 Å². The van der Waals surface area contributed by atoms with Crippen molar-refractivity contribution in [1.29, 1.82) is 0 Å². The SMILES string of the molecule is C=CS(=O)(=O)C(C=O)CC. The van der Waals surface area contributed by atoms with Crippen LogP contribution in [0, 0.1) is 0 Å². The first-order valence-electron chi connectivity index (χ1n) is 2.90. The summed E-state index contributed by atoms with van der Waals surface area (Å²) in [5, 5.41) is -0.0970. The van der Waals surface area contributed by atoms with E-state index in [9.17, 15) is 13.2 Å². The minimum Gasteiger partial charge on any atom is -0.302 e. The van der Waals surface area contributed by atoms with Crippen LogP contribution >= 0.6 is 0 Å². The molecule has 10 heavy (non-hydrogen) atoms. The molecule has 0 aliphatic rings. The Morgan fingerprint density at radius 3 is 2.20 bits per heavy atom. The van der Waals surface area contributed by atoms with Gasteiger partial charge >= 0.3 is 0 Å². The fourth-order valence-electron chi connectivity index (χ4n) is 0.530. The van der Waals surface area contributed by atoms with Crippen molar-refractivity contribution in [2.24, 2.45) is 0 Å². The first-order chi connectivity index (χ1) is 4.58. The van der Waals surface area contributed by atoms with Crippen LogP contribution in [0.3, 0.4) is 0 Å². The van der Waals surface area contributed by atoms with Crippen LogP contribution in [-0.2, 0) is 14.6 Å². The molecule has 0 aromatic rings. The highest BCUT2D eigenvalue weighted by molar-refractivity contribution is 7.95. The molecule has 0 heterocycles. The van der Waals surface area contributed by atoms with Gasteiger partial charge in [0, 0.05) is 5.41 Å². The Hall–Kier alpha value is -0.640. The summed E-state index contributed by atoms with van der Waals surface area (Å²) < 4.78 is 21.6. The van der Waals surface area contributed by atoms with Crippen LogP contribution in [0.25, 0.3) is 0 Å². The van der Waals surface area contributed by atoms with Crippen LogP contribution in [-0.4, -0.2) is 20.0 Å².